The Hall–Kier alpha value is -1.90. The number of carbonyl (C=O) groups excluding carboxylic acids is 1. The number of amides is 1. The molecule has 0 bridgehead atoms. The van der Waals surface area contributed by atoms with Crippen LogP contribution in [0.15, 0.2) is 10.9 Å². The Morgan fingerprint density at radius 3 is 2.70 bits per heavy atom. The molecular weight excluding hydrogens is 368 g/mol. The highest BCUT2D eigenvalue weighted by molar-refractivity contribution is 7.91. The predicted octanol–water partition coefficient (Wildman–Crippen LogP) is 1.01. The summed E-state index contributed by atoms with van der Waals surface area (Å²) in [6, 6.07) is 0.987. The molecular formula is C18H28N4O4S. The zero-order valence-electron chi connectivity index (χ0n) is 15.9. The fraction of sp³-hybridized carbons (Fsp3) is 0.722. The summed E-state index contributed by atoms with van der Waals surface area (Å²) in [6.07, 6.45) is 2.84. The van der Waals surface area contributed by atoms with Crippen LogP contribution in [0, 0.1) is 11.8 Å². The maximum absolute atomic E-state index is 12.3. The fourth-order valence-corrected chi connectivity index (χ4v) is 5.59. The van der Waals surface area contributed by atoms with Gasteiger partial charge in [-0.3, -0.25) is 14.6 Å². The smallest absolute Gasteiger partial charge is 0.252 e. The fourth-order valence-electron chi connectivity index (χ4n) is 3.72. The monoisotopic (exact) mass is 396 g/mol. The number of hydrogen-bond acceptors (Lipinski definition) is 6. The molecule has 0 aromatic carbocycles. The summed E-state index contributed by atoms with van der Waals surface area (Å²) in [6.45, 7) is 5.71. The second-order valence-electron chi connectivity index (χ2n) is 7.93. The van der Waals surface area contributed by atoms with Crippen molar-refractivity contribution in [2.75, 3.05) is 29.5 Å². The van der Waals surface area contributed by atoms with Crippen LogP contribution in [0.5, 0.6) is 0 Å². The van der Waals surface area contributed by atoms with Crippen molar-refractivity contribution in [1.82, 2.24) is 15.3 Å². The van der Waals surface area contributed by atoms with E-state index >= 15 is 0 Å². The molecule has 0 aliphatic carbocycles. The lowest BCUT2D eigenvalue weighted by atomic mass is 10.00. The van der Waals surface area contributed by atoms with E-state index in [1.165, 1.54) is 6.07 Å². The highest BCUT2D eigenvalue weighted by atomic mass is 32.2. The van der Waals surface area contributed by atoms with E-state index in [4.69, 9.17) is 0 Å². The van der Waals surface area contributed by atoms with E-state index in [1.807, 2.05) is 0 Å². The molecule has 0 unspecified atom stereocenters. The van der Waals surface area contributed by atoms with Gasteiger partial charge in [-0.2, -0.15) is 0 Å². The van der Waals surface area contributed by atoms with Gasteiger partial charge in [0.1, 0.15) is 0 Å². The molecule has 2 atom stereocenters. The number of nitrogens with one attached hydrogen (secondary N) is 2. The first kappa shape index (κ1) is 19.9. The molecule has 9 heteroatoms. The molecule has 1 aromatic heterocycles. The Kier molecular flexibility index (Phi) is 5.88. The number of aromatic nitrogens is 2. The lowest BCUT2D eigenvalue weighted by Gasteiger charge is -2.31. The molecule has 0 radical (unpaired) electrons. The average molecular weight is 397 g/mol. The topological polar surface area (TPSA) is 112 Å². The molecule has 0 spiro atoms. The van der Waals surface area contributed by atoms with Crippen molar-refractivity contribution in [3.8, 4) is 0 Å². The van der Waals surface area contributed by atoms with E-state index < -0.39 is 15.9 Å². The first-order valence-electron chi connectivity index (χ1n) is 9.58. The van der Waals surface area contributed by atoms with E-state index in [0.29, 0.717) is 24.0 Å². The summed E-state index contributed by atoms with van der Waals surface area (Å²) in [5, 5.41) is 2.85. The number of rotatable bonds is 5. The summed E-state index contributed by atoms with van der Waals surface area (Å²) in [7, 11) is -2.99. The molecule has 2 fully saturated rings. The quantitative estimate of drug-likeness (QED) is 0.768. The summed E-state index contributed by atoms with van der Waals surface area (Å²) in [5.74, 6) is 1.13. The number of sulfone groups is 1. The van der Waals surface area contributed by atoms with Gasteiger partial charge >= 0.3 is 0 Å². The summed E-state index contributed by atoms with van der Waals surface area (Å²) in [4.78, 5) is 33.7. The van der Waals surface area contributed by atoms with Crippen molar-refractivity contribution in [3.63, 3.8) is 0 Å². The normalized spacial score (nSPS) is 23.9. The minimum Gasteiger partial charge on any atom is -0.348 e. The Morgan fingerprint density at radius 1 is 1.37 bits per heavy atom. The lowest BCUT2D eigenvalue weighted by molar-refractivity contribution is -0.122. The van der Waals surface area contributed by atoms with E-state index in [-0.39, 0.29) is 35.3 Å². The Balaban J connectivity index is 1.63. The van der Waals surface area contributed by atoms with Crippen molar-refractivity contribution < 1.29 is 13.2 Å². The molecule has 2 aliphatic heterocycles. The summed E-state index contributed by atoms with van der Waals surface area (Å²) < 4.78 is 23.1. The summed E-state index contributed by atoms with van der Waals surface area (Å²) in [5.41, 5.74) is 0.274. The second-order valence-corrected chi connectivity index (χ2v) is 10.2. The second kappa shape index (κ2) is 8.00. The third kappa shape index (κ3) is 5.31. The van der Waals surface area contributed by atoms with E-state index in [0.717, 1.165) is 25.9 Å². The largest absolute Gasteiger partial charge is 0.348 e. The highest BCUT2D eigenvalue weighted by Gasteiger charge is 2.30. The molecule has 27 heavy (non-hydrogen) atoms. The van der Waals surface area contributed by atoms with E-state index in [2.05, 4.69) is 27.1 Å². The first-order valence-corrected chi connectivity index (χ1v) is 11.4. The van der Waals surface area contributed by atoms with Gasteiger partial charge in [-0.05, 0) is 38.0 Å². The maximum atomic E-state index is 12.3. The molecule has 8 nitrogen and oxygen atoms in total. The molecule has 1 aromatic rings. The third-order valence-electron chi connectivity index (χ3n) is 5.45. The van der Waals surface area contributed by atoms with Crippen LogP contribution in [0.1, 0.15) is 51.3 Å². The standard InChI is InChI=1S/C18H28N4O4S/c1-12-3-6-22(7-4-12)18-20-15(10-17(24)21-18)13(2)19-16(23)9-14-5-8-27(25,26)11-14/h10,12-14H,3-9,11H2,1-2H3,(H,19,23)(H,20,21,24)/t13-,14-/m0/s1. The van der Waals surface area contributed by atoms with Crippen molar-refractivity contribution in [2.24, 2.45) is 11.8 Å². The zero-order chi connectivity index (χ0) is 19.6. The Morgan fingerprint density at radius 2 is 2.07 bits per heavy atom. The number of H-pyrrole nitrogens is 1. The van der Waals surface area contributed by atoms with Crippen LogP contribution in [0.25, 0.3) is 0 Å². The molecule has 3 rings (SSSR count). The number of hydrogen-bond donors (Lipinski definition) is 2. The zero-order valence-corrected chi connectivity index (χ0v) is 16.7. The number of piperidine rings is 1. The van der Waals surface area contributed by atoms with Crippen molar-refractivity contribution >= 4 is 21.7 Å². The lowest BCUT2D eigenvalue weighted by Crippen LogP contribution is -2.36. The maximum Gasteiger partial charge on any atom is 0.252 e. The summed E-state index contributed by atoms with van der Waals surface area (Å²) >= 11 is 0. The van der Waals surface area contributed by atoms with E-state index in [9.17, 15) is 18.0 Å². The molecule has 2 aliphatic rings. The van der Waals surface area contributed by atoms with Crippen molar-refractivity contribution in [3.05, 3.63) is 22.1 Å². The molecule has 2 saturated heterocycles. The van der Waals surface area contributed by atoms with Crippen LogP contribution in [0.4, 0.5) is 5.95 Å². The minimum atomic E-state index is -2.99. The number of aromatic amines is 1. The van der Waals surface area contributed by atoms with E-state index in [1.54, 1.807) is 6.92 Å². The molecule has 2 N–H and O–H groups in total. The van der Waals surface area contributed by atoms with Gasteiger partial charge in [-0.15, -0.1) is 0 Å². The predicted molar refractivity (Wildman–Crippen MR) is 103 cm³/mol. The van der Waals surface area contributed by atoms with Crippen molar-refractivity contribution in [1.29, 1.82) is 0 Å². The van der Waals surface area contributed by atoms with Crippen LogP contribution in [-0.2, 0) is 14.6 Å². The van der Waals surface area contributed by atoms with Gasteiger partial charge in [0, 0.05) is 25.6 Å². The minimum absolute atomic E-state index is 0.0790. The van der Waals surface area contributed by atoms with Gasteiger partial charge in [0.2, 0.25) is 11.9 Å². The van der Waals surface area contributed by atoms with Gasteiger partial charge in [0.15, 0.2) is 9.84 Å². The van der Waals surface area contributed by atoms with Crippen LogP contribution in [-0.4, -0.2) is 48.9 Å². The van der Waals surface area contributed by atoms with Gasteiger partial charge < -0.3 is 10.2 Å². The molecule has 0 saturated carbocycles. The third-order valence-corrected chi connectivity index (χ3v) is 7.29. The van der Waals surface area contributed by atoms with Gasteiger partial charge in [-0.25, -0.2) is 13.4 Å². The van der Waals surface area contributed by atoms with Gasteiger partial charge in [0.05, 0.1) is 23.2 Å². The van der Waals surface area contributed by atoms with Gasteiger partial charge in [0.25, 0.3) is 5.56 Å². The highest BCUT2D eigenvalue weighted by Crippen LogP contribution is 2.23. The number of carbonyl (C=O) groups is 1. The van der Waals surface area contributed by atoms with Crippen molar-refractivity contribution in [2.45, 2.75) is 45.6 Å². The number of nitrogens with zero attached hydrogens (tertiary/aromatic N) is 2. The first-order chi connectivity index (χ1) is 12.7. The average Bonchev–Trinajstić information content (AvgIpc) is 2.93. The molecule has 3 heterocycles. The van der Waals surface area contributed by atoms with Crippen LogP contribution >= 0.6 is 0 Å². The Labute approximate surface area is 159 Å². The van der Waals surface area contributed by atoms with Crippen LogP contribution < -0.4 is 15.8 Å². The SMILES string of the molecule is CC1CCN(c2nc([C@H](C)NC(=O)C[C@@H]3CCS(=O)(=O)C3)cc(=O)[nH]2)CC1. The molecule has 150 valence electrons. The molecule has 1 amide bonds. The Bertz CT molecular complexity index is 843. The van der Waals surface area contributed by atoms with Gasteiger partial charge in [-0.1, -0.05) is 6.92 Å². The van der Waals surface area contributed by atoms with Crippen LogP contribution in [0.2, 0.25) is 0 Å². The number of anilines is 1. The van der Waals surface area contributed by atoms with Crippen LogP contribution in [0.3, 0.4) is 0 Å².